The van der Waals surface area contributed by atoms with E-state index in [2.05, 4.69) is 9.97 Å². The van der Waals surface area contributed by atoms with E-state index in [-0.39, 0.29) is 28.4 Å². The zero-order valence-corrected chi connectivity index (χ0v) is 16.1. The number of ether oxygens (including phenoxy) is 1. The highest BCUT2D eigenvalue weighted by Gasteiger charge is 2.31. The van der Waals surface area contributed by atoms with Crippen molar-refractivity contribution in [3.63, 3.8) is 0 Å². The van der Waals surface area contributed by atoms with Gasteiger partial charge in [0.1, 0.15) is 5.82 Å². The number of nitrogens with two attached hydrogens (primary N) is 1. The Morgan fingerprint density at radius 3 is 2.57 bits per heavy atom. The third-order valence-electron chi connectivity index (χ3n) is 4.64. The number of fused-ring (bicyclic) bond motifs is 1. The van der Waals surface area contributed by atoms with Gasteiger partial charge in [-0.3, -0.25) is 4.79 Å². The molecular weight excluding hydrogens is 404 g/mol. The minimum absolute atomic E-state index is 0.0843. The summed E-state index contributed by atoms with van der Waals surface area (Å²) in [4.78, 5) is 19.9. The predicted molar refractivity (Wildman–Crippen MR) is 103 cm³/mol. The normalized spacial score (nSPS) is 13.0. The van der Waals surface area contributed by atoms with Crippen molar-refractivity contribution in [3.8, 4) is 11.4 Å². The molecule has 0 amide bonds. The first-order valence-electron chi connectivity index (χ1n) is 9.17. The molecule has 0 unspecified atom stereocenters. The lowest BCUT2D eigenvalue weighted by molar-refractivity contribution is -0.138. The first-order chi connectivity index (χ1) is 14.2. The van der Waals surface area contributed by atoms with E-state index in [0.29, 0.717) is 43.8 Å². The molecule has 0 spiro atoms. The number of pyridine rings is 1. The lowest BCUT2D eigenvalue weighted by atomic mass is 10.1. The van der Waals surface area contributed by atoms with Crippen LogP contribution in [0.1, 0.15) is 18.4 Å². The summed E-state index contributed by atoms with van der Waals surface area (Å²) in [6.07, 6.45) is -0.496. The highest BCUT2D eigenvalue weighted by molar-refractivity contribution is 5.85. The van der Waals surface area contributed by atoms with Crippen LogP contribution in [-0.4, -0.2) is 34.3 Å². The minimum Gasteiger partial charge on any atom is -0.383 e. The molecule has 0 saturated heterocycles. The minimum atomic E-state index is -4.58. The maximum absolute atomic E-state index is 14.6. The van der Waals surface area contributed by atoms with Crippen molar-refractivity contribution in [1.29, 1.82) is 0 Å². The van der Waals surface area contributed by atoms with Crippen LogP contribution in [0, 0.1) is 5.82 Å². The van der Waals surface area contributed by atoms with Crippen LogP contribution in [-0.2, 0) is 17.5 Å². The maximum Gasteiger partial charge on any atom is 0.419 e. The molecule has 0 aliphatic rings. The van der Waals surface area contributed by atoms with Crippen LogP contribution >= 0.6 is 0 Å². The van der Waals surface area contributed by atoms with Crippen molar-refractivity contribution in [2.24, 2.45) is 5.73 Å². The summed E-state index contributed by atoms with van der Waals surface area (Å²) in [6.45, 7) is 0.838. The number of rotatable bonds is 7. The molecule has 2 aromatic heterocycles. The number of hydrogen-bond donors (Lipinski definition) is 1. The predicted octanol–water partition coefficient (Wildman–Crippen LogP) is 3.37. The van der Waals surface area contributed by atoms with Crippen LogP contribution < -0.4 is 11.3 Å². The molecule has 2 heterocycles. The summed E-state index contributed by atoms with van der Waals surface area (Å²) in [7, 11) is 1.56. The van der Waals surface area contributed by atoms with Gasteiger partial charge in [-0.25, -0.2) is 14.4 Å². The topological polar surface area (TPSA) is 83.0 Å². The lowest BCUT2D eigenvalue weighted by Crippen LogP contribution is -2.27. The Morgan fingerprint density at radius 1 is 1.23 bits per heavy atom. The van der Waals surface area contributed by atoms with Crippen molar-refractivity contribution >= 4 is 10.8 Å². The smallest absolute Gasteiger partial charge is 0.383 e. The fourth-order valence-corrected chi connectivity index (χ4v) is 3.09. The second kappa shape index (κ2) is 8.88. The Labute approximate surface area is 169 Å². The standard InChI is InChI=1S/C20H20F4N4O2/c1-30-11-14(25)3-2-5-28-6-4-12-7-16(17(21)8-15(12)19(28)29)18-26-9-13(10-27-18)20(22,23)24/h4,6-10,14H,2-3,5,11,25H2,1H3/t14-/m1/s1. The second-order valence-electron chi connectivity index (χ2n) is 6.88. The Morgan fingerprint density at radius 2 is 1.93 bits per heavy atom. The number of nitrogens with zero attached hydrogens (tertiary/aromatic N) is 3. The average molecular weight is 424 g/mol. The molecule has 0 saturated carbocycles. The van der Waals surface area contributed by atoms with Crippen LogP contribution in [0.2, 0.25) is 0 Å². The fraction of sp³-hybridized carbons (Fsp3) is 0.350. The number of methoxy groups -OCH3 is 1. The zero-order chi connectivity index (χ0) is 21.9. The van der Waals surface area contributed by atoms with E-state index in [9.17, 15) is 22.4 Å². The van der Waals surface area contributed by atoms with Crippen molar-refractivity contribution in [1.82, 2.24) is 14.5 Å². The van der Waals surface area contributed by atoms with E-state index >= 15 is 0 Å². The van der Waals surface area contributed by atoms with Gasteiger partial charge in [0.15, 0.2) is 5.82 Å². The van der Waals surface area contributed by atoms with Crippen molar-refractivity contribution in [3.05, 3.63) is 58.5 Å². The van der Waals surface area contributed by atoms with Gasteiger partial charge in [-0.1, -0.05) is 0 Å². The molecule has 0 aliphatic heterocycles. The number of aryl methyl sites for hydroxylation is 1. The summed E-state index contributed by atoms with van der Waals surface area (Å²) in [5.74, 6) is -0.988. The SMILES string of the molecule is COC[C@H](N)CCCn1ccc2cc(-c3ncc(C(F)(F)F)cn3)c(F)cc2c1=O. The Balaban J connectivity index is 1.87. The quantitative estimate of drug-likeness (QED) is 0.588. The highest BCUT2D eigenvalue weighted by atomic mass is 19.4. The molecule has 0 aliphatic carbocycles. The summed E-state index contributed by atoms with van der Waals surface area (Å²) >= 11 is 0. The molecular formula is C20H20F4N4O2. The molecule has 6 nitrogen and oxygen atoms in total. The van der Waals surface area contributed by atoms with Gasteiger partial charge in [-0.2, -0.15) is 13.2 Å². The summed E-state index contributed by atoms with van der Waals surface area (Å²) in [5.41, 5.74) is 4.39. The lowest BCUT2D eigenvalue weighted by Gasteiger charge is -2.12. The molecule has 30 heavy (non-hydrogen) atoms. The van der Waals surface area contributed by atoms with Crippen molar-refractivity contribution in [2.75, 3.05) is 13.7 Å². The van der Waals surface area contributed by atoms with Gasteiger partial charge in [0.2, 0.25) is 0 Å². The van der Waals surface area contributed by atoms with E-state index in [4.69, 9.17) is 10.5 Å². The number of alkyl halides is 3. The van der Waals surface area contributed by atoms with Gasteiger partial charge in [0.05, 0.1) is 23.1 Å². The van der Waals surface area contributed by atoms with E-state index in [1.165, 1.54) is 10.6 Å². The van der Waals surface area contributed by atoms with Crippen LogP contribution in [0.4, 0.5) is 17.6 Å². The Bertz CT molecular complexity index is 1080. The third-order valence-corrected chi connectivity index (χ3v) is 4.64. The molecule has 0 bridgehead atoms. The van der Waals surface area contributed by atoms with Crippen LogP contribution in [0.25, 0.3) is 22.2 Å². The Kier molecular flexibility index (Phi) is 6.47. The summed E-state index contributed by atoms with van der Waals surface area (Å²) in [5, 5.41) is 0.596. The maximum atomic E-state index is 14.6. The molecule has 1 atom stereocenters. The van der Waals surface area contributed by atoms with E-state index in [1.54, 1.807) is 19.4 Å². The second-order valence-corrected chi connectivity index (χ2v) is 6.88. The molecule has 10 heteroatoms. The third kappa shape index (κ3) is 4.82. The first kappa shape index (κ1) is 21.8. The molecule has 160 valence electrons. The van der Waals surface area contributed by atoms with E-state index < -0.39 is 17.6 Å². The van der Waals surface area contributed by atoms with Gasteiger partial charge in [-0.15, -0.1) is 0 Å². The van der Waals surface area contributed by atoms with Gasteiger partial charge in [-0.05, 0) is 36.4 Å². The number of aromatic nitrogens is 3. The molecule has 3 aromatic rings. The number of benzene rings is 1. The van der Waals surface area contributed by atoms with Gasteiger partial charge < -0.3 is 15.0 Å². The monoisotopic (exact) mass is 424 g/mol. The van der Waals surface area contributed by atoms with E-state index in [1.807, 2.05) is 0 Å². The van der Waals surface area contributed by atoms with Crippen molar-refractivity contribution in [2.45, 2.75) is 31.6 Å². The van der Waals surface area contributed by atoms with Gasteiger partial charge >= 0.3 is 6.18 Å². The molecule has 1 aromatic carbocycles. The van der Waals surface area contributed by atoms with Crippen LogP contribution in [0.5, 0.6) is 0 Å². The van der Waals surface area contributed by atoms with Crippen molar-refractivity contribution < 1.29 is 22.3 Å². The van der Waals surface area contributed by atoms with Gasteiger partial charge in [0.25, 0.3) is 5.56 Å². The number of hydrogen-bond acceptors (Lipinski definition) is 5. The molecule has 3 rings (SSSR count). The fourth-order valence-electron chi connectivity index (χ4n) is 3.09. The van der Waals surface area contributed by atoms with E-state index in [0.717, 1.165) is 6.07 Å². The van der Waals surface area contributed by atoms with Crippen LogP contribution in [0.15, 0.2) is 41.6 Å². The molecule has 0 radical (unpaired) electrons. The zero-order valence-electron chi connectivity index (χ0n) is 16.1. The first-order valence-corrected chi connectivity index (χ1v) is 9.17. The number of halogens is 4. The average Bonchev–Trinajstić information content (AvgIpc) is 2.69. The highest BCUT2D eigenvalue weighted by Crippen LogP contribution is 2.29. The summed E-state index contributed by atoms with van der Waals surface area (Å²) < 4.78 is 59.0. The molecule has 2 N–H and O–H groups in total. The summed E-state index contributed by atoms with van der Waals surface area (Å²) in [6, 6.07) is 3.92. The Hall–Kier alpha value is -2.85. The van der Waals surface area contributed by atoms with Crippen LogP contribution in [0.3, 0.4) is 0 Å². The largest absolute Gasteiger partial charge is 0.419 e. The molecule has 0 fully saturated rings. The van der Waals surface area contributed by atoms with Gasteiger partial charge in [0, 0.05) is 38.3 Å².